The zero-order valence-electron chi connectivity index (χ0n) is 14.8. The van der Waals surface area contributed by atoms with Gasteiger partial charge in [0.25, 0.3) is 5.91 Å². The van der Waals surface area contributed by atoms with Crippen LogP contribution < -0.4 is 10.2 Å². The van der Waals surface area contributed by atoms with Gasteiger partial charge in [0, 0.05) is 23.6 Å². The monoisotopic (exact) mass is 429 g/mol. The summed E-state index contributed by atoms with van der Waals surface area (Å²) in [4.78, 5) is 25.3. The molecule has 3 aromatic rings. The Morgan fingerprint density at radius 3 is 2.90 bits per heavy atom. The number of rotatable bonds is 4. The summed E-state index contributed by atoms with van der Waals surface area (Å²) in [6, 6.07) is 10.7. The minimum atomic E-state index is -0.511. The Morgan fingerprint density at radius 1 is 1.31 bits per heavy atom. The fourth-order valence-electron chi connectivity index (χ4n) is 2.61. The molecule has 9 nitrogen and oxygen atoms in total. The summed E-state index contributed by atoms with van der Waals surface area (Å²) >= 11 is 6.94. The van der Waals surface area contributed by atoms with Crippen molar-refractivity contribution in [2.45, 2.75) is 6.92 Å². The van der Waals surface area contributed by atoms with E-state index in [0.29, 0.717) is 16.5 Å². The lowest BCUT2D eigenvalue weighted by molar-refractivity contribution is -0.114. The van der Waals surface area contributed by atoms with Crippen LogP contribution in [0.1, 0.15) is 12.7 Å². The molecular formula is C18H12ClN5O4S. The van der Waals surface area contributed by atoms with Crippen molar-refractivity contribution in [2.24, 2.45) is 0 Å². The Balaban J connectivity index is 1.60. The molecule has 1 aliphatic heterocycles. The van der Waals surface area contributed by atoms with E-state index in [0.717, 1.165) is 22.2 Å². The van der Waals surface area contributed by atoms with Crippen LogP contribution in [0.5, 0.6) is 0 Å². The van der Waals surface area contributed by atoms with E-state index in [1.807, 2.05) is 12.1 Å². The molecule has 1 aromatic carbocycles. The van der Waals surface area contributed by atoms with Gasteiger partial charge in [0.05, 0.1) is 4.91 Å². The molecule has 1 aliphatic rings. The Kier molecular flexibility index (Phi) is 4.95. The molecule has 0 saturated carbocycles. The second-order valence-corrected chi connectivity index (χ2v) is 7.35. The molecule has 11 heteroatoms. The Morgan fingerprint density at radius 2 is 2.14 bits per heavy atom. The van der Waals surface area contributed by atoms with E-state index in [4.69, 9.17) is 21.4 Å². The van der Waals surface area contributed by atoms with Gasteiger partial charge in [-0.15, -0.1) is 0 Å². The fourth-order valence-corrected chi connectivity index (χ4v) is 3.63. The predicted octanol–water partition coefficient (Wildman–Crippen LogP) is 4.00. The van der Waals surface area contributed by atoms with E-state index in [1.54, 1.807) is 24.3 Å². The van der Waals surface area contributed by atoms with Crippen molar-refractivity contribution in [1.29, 1.82) is 5.41 Å². The highest BCUT2D eigenvalue weighted by molar-refractivity contribution is 8.19. The molecule has 3 heterocycles. The average Bonchev–Trinajstić information content (AvgIpc) is 3.36. The zero-order chi connectivity index (χ0) is 20.5. The first-order valence-corrected chi connectivity index (χ1v) is 9.40. The highest BCUT2D eigenvalue weighted by atomic mass is 35.5. The summed E-state index contributed by atoms with van der Waals surface area (Å²) in [5.41, 5.74) is 0.801. The SMILES string of the molecule is CC(=O)Nc1nonc1N1C(=N)S/C(=C/c2ccc(-c3cccc(Cl)c3)o2)C1=O. The quantitative estimate of drug-likeness (QED) is 0.600. The molecule has 4 rings (SSSR count). The topological polar surface area (TPSA) is 125 Å². The number of nitrogens with zero attached hydrogens (tertiary/aromatic N) is 3. The Bertz CT molecular complexity index is 1170. The van der Waals surface area contributed by atoms with Crippen LogP contribution in [0.25, 0.3) is 17.4 Å². The number of amides is 2. The number of nitrogens with one attached hydrogen (secondary N) is 2. The van der Waals surface area contributed by atoms with E-state index in [-0.39, 0.29) is 21.7 Å². The molecule has 29 heavy (non-hydrogen) atoms. The van der Waals surface area contributed by atoms with Gasteiger partial charge in [-0.3, -0.25) is 15.0 Å². The van der Waals surface area contributed by atoms with Crippen LogP contribution in [-0.4, -0.2) is 27.3 Å². The van der Waals surface area contributed by atoms with Gasteiger partial charge in [0.15, 0.2) is 5.17 Å². The lowest BCUT2D eigenvalue weighted by atomic mass is 10.2. The number of aromatic nitrogens is 2. The maximum absolute atomic E-state index is 12.8. The minimum Gasteiger partial charge on any atom is -0.457 e. The number of amidine groups is 1. The third kappa shape index (κ3) is 3.80. The number of benzene rings is 1. The first-order valence-electron chi connectivity index (χ1n) is 8.21. The summed E-state index contributed by atoms with van der Waals surface area (Å²) in [5.74, 6) is 0.000692. The number of carbonyl (C=O) groups is 2. The number of hydrogen-bond donors (Lipinski definition) is 2. The van der Waals surface area contributed by atoms with Crippen molar-refractivity contribution in [2.75, 3.05) is 10.2 Å². The van der Waals surface area contributed by atoms with Crippen LogP contribution >= 0.6 is 23.4 Å². The average molecular weight is 430 g/mol. The first-order chi connectivity index (χ1) is 13.9. The molecule has 1 saturated heterocycles. The van der Waals surface area contributed by atoms with Crippen LogP contribution in [0.2, 0.25) is 5.02 Å². The summed E-state index contributed by atoms with van der Waals surface area (Å²) < 4.78 is 10.4. The van der Waals surface area contributed by atoms with Gasteiger partial charge in [0.1, 0.15) is 11.5 Å². The smallest absolute Gasteiger partial charge is 0.272 e. The largest absolute Gasteiger partial charge is 0.457 e. The van der Waals surface area contributed by atoms with E-state index >= 15 is 0 Å². The molecule has 0 unspecified atom stereocenters. The molecule has 2 N–H and O–H groups in total. The highest BCUT2D eigenvalue weighted by Crippen LogP contribution is 2.37. The number of anilines is 2. The second-order valence-electron chi connectivity index (χ2n) is 5.89. The van der Waals surface area contributed by atoms with Crippen LogP contribution in [0.15, 0.2) is 50.3 Å². The summed E-state index contributed by atoms with van der Waals surface area (Å²) in [6.07, 6.45) is 1.53. The number of thioether (sulfide) groups is 1. The van der Waals surface area contributed by atoms with Crippen molar-refractivity contribution >= 4 is 58.1 Å². The number of hydrogen-bond acceptors (Lipinski definition) is 8. The van der Waals surface area contributed by atoms with Gasteiger partial charge >= 0.3 is 0 Å². The third-order valence-electron chi connectivity index (χ3n) is 3.81. The standard InChI is InChI=1S/C18H12ClN5O4S/c1-9(25)21-15-16(23-28-22-15)24-17(26)14(29-18(24)20)8-12-5-6-13(27-12)10-3-2-4-11(19)7-10/h2-8,20H,1H3,(H,21,22,25)/b14-8+,20-18?. The van der Waals surface area contributed by atoms with Gasteiger partial charge in [-0.1, -0.05) is 23.7 Å². The highest BCUT2D eigenvalue weighted by Gasteiger charge is 2.38. The Labute approximate surface area is 173 Å². The fraction of sp³-hybridized carbons (Fsp3) is 0.0556. The molecule has 0 radical (unpaired) electrons. The lowest BCUT2D eigenvalue weighted by Crippen LogP contribution is -2.29. The van der Waals surface area contributed by atoms with E-state index in [1.165, 1.54) is 13.0 Å². The van der Waals surface area contributed by atoms with Gasteiger partial charge in [0.2, 0.25) is 17.5 Å². The molecule has 0 spiro atoms. The maximum atomic E-state index is 12.8. The van der Waals surface area contributed by atoms with E-state index in [9.17, 15) is 9.59 Å². The molecule has 0 aliphatic carbocycles. The summed E-state index contributed by atoms with van der Waals surface area (Å²) in [5, 5.41) is 18.2. The molecule has 1 fully saturated rings. The number of furan rings is 1. The normalized spacial score (nSPS) is 15.4. The third-order valence-corrected chi connectivity index (χ3v) is 4.93. The van der Waals surface area contributed by atoms with Crippen LogP contribution in [0.4, 0.5) is 11.6 Å². The molecule has 2 amide bonds. The van der Waals surface area contributed by atoms with Crippen molar-refractivity contribution < 1.29 is 18.6 Å². The Hall–Kier alpha value is -3.37. The zero-order valence-corrected chi connectivity index (χ0v) is 16.4. The van der Waals surface area contributed by atoms with Crippen LogP contribution in [0, 0.1) is 5.41 Å². The molecular weight excluding hydrogens is 418 g/mol. The summed E-state index contributed by atoms with van der Waals surface area (Å²) in [6.45, 7) is 1.28. The van der Waals surface area contributed by atoms with Crippen molar-refractivity contribution in [3.8, 4) is 11.3 Å². The molecule has 0 atom stereocenters. The molecule has 2 aromatic heterocycles. The van der Waals surface area contributed by atoms with Gasteiger partial charge in [-0.2, -0.15) is 0 Å². The van der Waals surface area contributed by atoms with Gasteiger partial charge in [-0.05, 0) is 46.3 Å². The molecule has 0 bridgehead atoms. The minimum absolute atomic E-state index is 0.0429. The van der Waals surface area contributed by atoms with Gasteiger partial charge in [-0.25, -0.2) is 9.53 Å². The van der Waals surface area contributed by atoms with Crippen LogP contribution in [-0.2, 0) is 9.59 Å². The number of halogens is 1. The predicted molar refractivity (Wildman–Crippen MR) is 109 cm³/mol. The van der Waals surface area contributed by atoms with Crippen molar-refractivity contribution in [1.82, 2.24) is 10.3 Å². The van der Waals surface area contributed by atoms with Crippen LogP contribution in [0.3, 0.4) is 0 Å². The van der Waals surface area contributed by atoms with E-state index in [2.05, 4.69) is 20.3 Å². The second kappa shape index (κ2) is 7.57. The lowest BCUT2D eigenvalue weighted by Gasteiger charge is -2.10. The van der Waals surface area contributed by atoms with Crippen molar-refractivity contribution in [3.05, 3.63) is 52.1 Å². The van der Waals surface area contributed by atoms with Crippen molar-refractivity contribution in [3.63, 3.8) is 0 Å². The first kappa shape index (κ1) is 19.0. The van der Waals surface area contributed by atoms with E-state index < -0.39 is 11.8 Å². The van der Waals surface area contributed by atoms with Gasteiger partial charge < -0.3 is 9.73 Å². The molecule has 146 valence electrons. The maximum Gasteiger partial charge on any atom is 0.272 e. The summed E-state index contributed by atoms with van der Waals surface area (Å²) in [7, 11) is 0. The number of carbonyl (C=O) groups excluding carboxylic acids is 2.